The summed E-state index contributed by atoms with van der Waals surface area (Å²) in [6, 6.07) is 4.56. The molecular weight excluding hydrogens is 172 g/mol. The first-order chi connectivity index (χ1) is 6.85. The first kappa shape index (κ1) is 8.06. The summed E-state index contributed by atoms with van der Waals surface area (Å²) >= 11 is 0. The van der Waals surface area contributed by atoms with E-state index < -0.39 is 0 Å². The van der Waals surface area contributed by atoms with Crippen LogP contribution in [0.15, 0.2) is 11.1 Å². The maximum atomic E-state index is 9.12. The Morgan fingerprint density at radius 3 is 2.00 bits per heavy atom. The number of nitriles is 2. The molecule has 0 saturated heterocycles. The number of allylic oxidation sites excluding steroid dienone is 2. The van der Waals surface area contributed by atoms with Crippen molar-refractivity contribution in [2.24, 2.45) is 23.7 Å². The molecule has 0 N–H and O–H groups in total. The summed E-state index contributed by atoms with van der Waals surface area (Å²) in [5.41, 5.74) is 1.68. The van der Waals surface area contributed by atoms with Crippen LogP contribution in [0.2, 0.25) is 0 Å². The van der Waals surface area contributed by atoms with Gasteiger partial charge in [0.25, 0.3) is 0 Å². The van der Waals surface area contributed by atoms with E-state index in [-0.39, 0.29) is 0 Å². The fourth-order valence-corrected chi connectivity index (χ4v) is 3.92. The molecule has 0 amide bonds. The van der Waals surface area contributed by atoms with Crippen LogP contribution < -0.4 is 0 Å². The minimum atomic E-state index is 0.428. The lowest BCUT2D eigenvalue weighted by atomic mass is 9.61. The highest BCUT2D eigenvalue weighted by Crippen LogP contribution is 2.58. The van der Waals surface area contributed by atoms with Gasteiger partial charge in [-0.1, -0.05) is 0 Å². The molecule has 0 radical (unpaired) electrons. The third-order valence-corrected chi connectivity index (χ3v) is 4.37. The minimum Gasteiger partial charge on any atom is -0.193 e. The van der Waals surface area contributed by atoms with E-state index in [1.165, 1.54) is 25.7 Å². The molecule has 0 spiro atoms. The highest BCUT2D eigenvalue weighted by atomic mass is 14.5. The van der Waals surface area contributed by atoms with E-state index >= 15 is 0 Å². The third-order valence-electron chi connectivity index (χ3n) is 4.37. The zero-order valence-corrected chi connectivity index (χ0v) is 8.03. The zero-order chi connectivity index (χ0) is 9.71. The molecule has 4 bridgehead atoms. The molecule has 4 atom stereocenters. The monoisotopic (exact) mass is 184 g/mol. The normalized spacial score (nSPS) is 43.6. The quantitative estimate of drug-likeness (QED) is 0.580. The second kappa shape index (κ2) is 2.61. The van der Waals surface area contributed by atoms with E-state index in [0.29, 0.717) is 11.8 Å². The van der Waals surface area contributed by atoms with Gasteiger partial charge >= 0.3 is 0 Å². The lowest BCUT2D eigenvalue weighted by molar-refractivity contribution is 0.196. The predicted octanol–water partition coefficient (Wildman–Crippen LogP) is 2.40. The highest BCUT2D eigenvalue weighted by molar-refractivity contribution is 5.45. The summed E-state index contributed by atoms with van der Waals surface area (Å²) < 4.78 is 0. The van der Waals surface area contributed by atoms with Crippen LogP contribution in [-0.2, 0) is 0 Å². The van der Waals surface area contributed by atoms with Gasteiger partial charge in [0.1, 0.15) is 0 Å². The second-order valence-electron chi connectivity index (χ2n) is 4.84. The molecule has 4 aliphatic rings. The Bertz CT molecular complexity index is 380. The maximum Gasteiger partial charge on any atom is 0.0960 e. The Labute approximate surface area is 83.8 Å². The van der Waals surface area contributed by atoms with Gasteiger partial charge in [-0.15, -0.1) is 0 Å². The first-order valence-electron chi connectivity index (χ1n) is 5.39. The van der Waals surface area contributed by atoms with Crippen molar-refractivity contribution in [2.45, 2.75) is 25.7 Å². The molecular formula is C12H12N2. The van der Waals surface area contributed by atoms with Gasteiger partial charge in [-0.3, -0.25) is 0 Å². The Morgan fingerprint density at radius 1 is 0.929 bits per heavy atom. The van der Waals surface area contributed by atoms with E-state index in [1.807, 2.05) is 0 Å². The zero-order valence-electron chi connectivity index (χ0n) is 8.03. The summed E-state index contributed by atoms with van der Waals surface area (Å²) in [4.78, 5) is 0. The molecule has 2 nitrogen and oxygen atoms in total. The van der Waals surface area contributed by atoms with Crippen LogP contribution in [0.3, 0.4) is 0 Å². The highest BCUT2D eigenvalue weighted by Gasteiger charge is 2.50. The van der Waals surface area contributed by atoms with Crippen molar-refractivity contribution in [3.05, 3.63) is 11.1 Å². The van der Waals surface area contributed by atoms with Crippen molar-refractivity contribution >= 4 is 0 Å². The van der Waals surface area contributed by atoms with Gasteiger partial charge in [-0.05, 0) is 43.4 Å². The predicted molar refractivity (Wildman–Crippen MR) is 50.7 cm³/mol. The van der Waals surface area contributed by atoms with Crippen LogP contribution in [0.25, 0.3) is 0 Å². The number of rotatable bonds is 0. The van der Waals surface area contributed by atoms with Crippen LogP contribution in [0.5, 0.6) is 0 Å². The maximum absolute atomic E-state index is 9.12. The average molecular weight is 184 g/mol. The number of hydrogen-bond acceptors (Lipinski definition) is 2. The standard InChI is InChI=1S/C12H12N2/c13-5-10-9-3-7-1-2-8(4-9)12(7)11(10)6-14/h7-9,12H,1-4H2/t7-,8+,9?,12?. The fourth-order valence-electron chi connectivity index (χ4n) is 3.92. The Kier molecular flexibility index (Phi) is 1.50. The molecule has 2 unspecified atom stereocenters. The Balaban J connectivity index is 2.15. The van der Waals surface area contributed by atoms with Gasteiger partial charge in [0, 0.05) is 17.1 Å². The molecule has 0 aromatic carbocycles. The Morgan fingerprint density at radius 2 is 1.50 bits per heavy atom. The van der Waals surface area contributed by atoms with Crippen LogP contribution in [0.4, 0.5) is 0 Å². The van der Waals surface area contributed by atoms with E-state index in [9.17, 15) is 0 Å². The van der Waals surface area contributed by atoms with Crippen molar-refractivity contribution in [1.29, 1.82) is 10.5 Å². The second-order valence-corrected chi connectivity index (χ2v) is 4.84. The summed E-state index contributed by atoms with van der Waals surface area (Å²) in [5, 5.41) is 18.2. The van der Waals surface area contributed by atoms with E-state index in [2.05, 4.69) is 12.1 Å². The minimum absolute atomic E-state index is 0.428. The van der Waals surface area contributed by atoms with Crippen LogP contribution in [0, 0.1) is 46.3 Å². The number of hydrogen-bond donors (Lipinski definition) is 0. The Hall–Kier alpha value is -1.28. The molecule has 0 heterocycles. The summed E-state index contributed by atoms with van der Waals surface area (Å²) in [6.45, 7) is 0. The van der Waals surface area contributed by atoms with Crippen molar-refractivity contribution in [1.82, 2.24) is 0 Å². The van der Waals surface area contributed by atoms with Crippen molar-refractivity contribution < 1.29 is 0 Å². The summed E-state index contributed by atoms with van der Waals surface area (Å²) in [5.74, 6) is 2.34. The van der Waals surface area contributed by atoms with E-state index in [4.69, 9.17) is 10.5 Å². The molecule has 4 aliphatic carbocycles. The van der Waals surface area contributed by atoms with E-state index in [1.54, 1.807) is 0 Å². The third kappa shape index (κ3) is 0.794. The van der Waals surface area contributed by atoms with Crippen molar-refractivity contribution in [3.63, 3.8) is 0 Å². The molecule has 70 valence electrons. The molecule has 2 saturated carbocycles. The molecule has 0 aromatic rings. The van der Waals surface area contributed by atoms with Crippen molar-refractivity contribution in [2.75, 3.05) is 0 Å². The van der Waals surface area contributed by atoms with Crippen LogP contribution in [0.1, 0.15) is 25.7 Å². The van der Waals surface area contributed by atoms with Crippen LogP contribution >= 0.6 is 0 Å². The summed E-state index contributed by atoms with van der Waals surface area (Å²) in [7, 11) is 0. The van der Waals surface area contributed by atoms with Gasteiger partial charge in [-0.25, -0.2) is 0 Å². The molecule has 0 aromatic heterocycles. The van der Waals surface area contributed by atoms with Gasteiger partial charge in [-0.2, -0.15) is 10.5 Å². The topological polar surface area (TPSA) is 47.6 Å². The molecule has 0 aliphatic heterocycles. The molecule has 4 rings (SSSR count). The van der Waals surface area contributed by atoms with Gasteiger partial charge in [0.05, 0.1) is 12.1 Å². The van der Waals surface area contributed by atoms with Crippen molar-refractivity contribution in [3.8, 4) is 12.1 Å². The molecule has 2 heteroatoms. The lowest BCUT2D eigenvalue weighted by Gasteiger charge is -2.41. The summed E-state index contributed by atoms with van der Waals surface area (Å²) in [6.07, 6.45) is 4.93. The molecule has 14 heavy (non-hydrogen) atoms. The van der Waals surface area contributed by atoms with Gasteiger partial charge in [0.15, 0.2) is 0 Å². The van der Waals surface area contributed by atoms with E-state index in [0.717, 1.165) is 23.0 Å². The van der Waals surface area contributed by atoms with Gasteiger partial charge < -0.3 is 0 Å². The van der Waals surface area contributed by atoms with Crippen LogP contribution in [-0.4, -0.2) is 0 Å². The smallest absolute Gasteiger partial charge is 0.0960 e. The SMILES string of the molecule is N#CC1=C(C#N)C2[C@@H]3CC[C@H]2CC1C3. The lowest BCUT2D eigenvalue weighted by Crippen LogP contribution is -2.34. The van der Waals surface area contributed by atoms with Gasteiger partial charge in [0.2, 0.25) is 0 Å². The number of nitrogens with zero attached hydrogens (tertiary/aromatic N) is 2. The largest absolute Gasteiger partial charge is 0.193 e. The first-order valence-corrected chi connectivity index (χ1v) is 5.39. The fraction of sp³-hybridized carbons (Fsp3) is 0.667. The average Bonchev–Trinajstić information content (AvgIpc) is 2.51. The molecule has 2 fully saturated rings.